The van der Waals surface area contributed by atoms with Crippen molar-refractivity contribution in [1.29, 1.82) is 0 Å². The van der Waals surface area contributed by atoms with Crippen molar-refractivity contribution in [2.24, 2.45) is 5.10 Å². The van der Waals surface area contributed by atoms with Crippen LogP contribution in [0.5, 0.6) is 5.75 Å². The first-order valence-electron chi connectivity index (χ1n) is 8.38. The fourth-order valence-electron chi connectivity index (χ4n) is 2.98. The molecule has 1 aliphatic carbocycles. The molecule has 0 amide bonds. The fraction of sp³-hybridized carbons (Fsp3) is 0.200. The Morgan fingerprint density at radius 2 is 2.04 bits per heavy atom. The number of para-hydroxylation sites is 1. The maximum absolute atomic E-state index is 6.06. The molecular formula is C20H17BrClN3O. The van der Waals surface area contributed by atoms with Crippen LogP contribution in [0.15, 0.2) is 77.6 Å². The van der Waals surface area contributed by atoms with Crippen molar-refractivity contribution >= 4 is 33.2 Å². The molecule has 2 aromatic rings. The van der Waals surface area contributed by atoms with Crippen molar-refractivity contribution in [1.82, 2.24) is 10.4 Å². The van der Waals surface area contributed by atoms with Crippen LogP contribution in [-0.2, 0) is 0 Å². The molecular weight excluding hydrogens is 414 g/mol. The standard InChI is InChI=1S/C20H17BrClN3O/c21-20(26-16-4-2-1-3-5-16)10-8-14(9-11-20)17-12-18(25-24-17)15-6-7-19(22)23-13-15/h1-10,13,18,25H,11-12H2. The number of benzene rings is 1. The second-order valence-electron chi connectivity index (χ2n) is 6.26. The summed E-state index contributed by atoms with van der Waals surface area (Å²) in [6, 6.07) is 13.7. The molecule has 0 saturated carbocycles. The Labute approximate surface area is 165 Å². The summed E-state index contributed by atoms with van der Waals surface area (Å²) in [5.41, 5.74) is 6.42. The van der Waals surface area contributed by atoms with Crippen LogP contribution in [0.1, 0.15) is 24.4 Å². The number of rotatable bonds is 4. The fourth-order valence-corrected chi connectivity index (χ4v) is 3.57. The predicted octanol–water partition coefficient (Wildman–Crippen LogP) is 5.18. The normalized spacial score (nSPS) is 24.6. The number of ether oxygens (including phenoxy) is 1. The van der Waals surface area contributed by atoms with E-state index in [4.69, 9.17) is 16.3 Å². The third-order valence-corrected chi connectivity index (χ3v) is 5.36. The lowest BCUT2D eigenvalue weighted by Crippen LogP contribution is -2.27. The third kappa shape index (κ3) is 3.84. The molecule has 1 aliphatic heterocycles. The minimum atomic E-state index is -0.524. The molecule has 2 atom stereocenters. The van der Waals surface area contributed by atoms with Crippen LogP contribution in [0.3, 0.4) is 0 Å². The highest BCUT2D eigenvalue weighted by Gasteiger charge is 2.29. The largest absolute Gasteiger partial charge is 0.472 e. The molecule has 0 bridgehead atoms. The molecule has 0 radical (unpaired) electrons. The number of hydrogen-bond donors (Lipinski definition) is 1. The topological polar surface area (TPSA) is 46.5 Å². The van der Waals surface area contributed by atoms with E-state index in [1.807, 2.05) is 42.5 Å². The molecule has 1 aromatic heterocycles. The number of alkyl halides is 1. The van der Waals surface area contributed by atoms with Crippen LogP contribution in [0, 0.1) is 0 Å². The first-order valence-corrected chi connectivity index (χ1v) is 9.55. The Balaban J connectivity index is 1.40. The highest BCUT2D eigenvalue weighted by atomic mass is 79.9. The molecule has 0 saturated heterocycles. The molecule has 1 aromatic carbocycles. The van der Waals surface area contributed by atoms with Crippen molar-refractivity contribution in [3.63, 3.8) is 0 Å². The lowest BCUT2D eigenvalue weighted by molar-refractivity contribution is 0.224. The molecule has 6 heteroatoms. The summed E-state index contributed by atoms with van der Waals surface area (Å²) >= 11 is 9.55. The first kappa shape index (κ1) is 17.3. The summed E-state index contributed by atoms with van der Waals surface area (Å²) < 4.78 is 5.54. The predicted molar refractivity (Wildman–Crippen MR) is 108 cm³/mol. The average molecular weight is 431 g/mol. The maximum atomic E-state index is 6.06. The van der Waals surface area contributed by atoms with Crippen molar-refractivity contribution in [2.75, 3.05) is 0 Å². The van der Waals surface area contributed by atoms with Gasteiger partial charge in [-0.25, -0.2) is 4.98 Å². The minimum absolute atomic E-state index is 0.125. The molecule has 2 unspecified atom stereocenters. The summed E-state index contributed by atoms with van der Waals surface area (Å²) in [7, 11) is 0. The molecule has 26 heavy (non-hydrogen) atoms. The number of aromatic nitrogens is 1. The Kier molecular flexibility index (Phi) is 4.83. The number of nitrogens with zero attached hydrogens (tertiary/aromatic N) is 2. The van der Waals surface area contributed by atoms with Crippen LogP contribution in [-0.4, -0.2) is 15.2 Å². The maximum Gasteiger partial charge on any atom is 0.185 e. The van der Waals surface area contributed by atoms with Gasteiger partial charge in [-0.05, 0) is 51.3 Å². The van der Waals surface area contributed by atoms with Gasteiger partial charge in [0.25, 0.3) is 0 Å². The Bertz CT molecular complexity index is 880. The zero-order valence-electron chi connectivity index (χ0n) is 13.9. The monoisotopic (exact) mass is 429 g/mol. The molecule has 4 rings (SSSR count). The summed E-state index contributed by atoms with van der Waals surface area (Å²) in [4.78, 5) is 4.14. The van der Waals surface area contributed by atoms with E-state index >= 15 is 0 Å². The van der Waals surface area contributed by atoms with Crippen LogP contribution in [0.4, 0.5) is 0 Å². The van der Waals surface area contributed by atoms with Gasteiger partial charge in [0.1, 0.15) is 10.9 Å². The molecule has 4 nitrogen and oxygen atoms in total. The van der Waals surface area contributed by atoms with Gasteiger partial charge in [-0.15, -0.1) is 0 Å². The van der Waals surface area contributed by atoms with E-state index in [0.717, 1.165) is 35.4 Å². The molecule has 1 N–H and O–H groups in total. The summed E-state index contributed by atoms with van der Waals surface area (Å²) in [5.74, 6) is 0.834. The van der Waals surface area contributed by atoms with Crippen molar-refractivity contribution in [3.05, 3.63) is 83.2 Å². The van der Waals surface area contributed by atoms with Gasteiger partial charge in [0, 0.05) is 19.0 Å². The Morgan fingerprint density at radius 1 is 1.19 bits per heavy atom. The van der Waals surface area contributed by atoms with Gasteiger partial charge < -0.3 is 10.2 Å². The van der Waals surface area contributed by atoms with Crippen LogP contribution in [0.2, 0.25) is 5.15 Å². The number of allylic oxidation sites excluding steroid dienone is 2. The van der Waals surface area contributed by atoms with E-state index in [1.165, 1.54) is 0 Å². The average Bonchev–Trinajstić information content (AvgIpc) is 3.13. The van der Waals surface area contributed by atoms with Gasteiger partial charge in [-0.3, -0.25) is 0 Å². The van der Waals surface area contributed by atoms with Gasteiger partial charge in [-0.2, -0.15) is 5.10 Å². The Hall–Kier alpha value is -2.11. The van der Waals surface area contributed by atoms with Gasteiger partial charge in [-0.1, -0.05) is 48.0 Å². The number of hydrogen-bond acceptors (Lipinski definition) is 4. The first-order chi connectivity index (χ1) is 12.6. The molecule has 2 heterocycles. The number of pyridine rings is 1. The highest BCUT2D eigenvalue weighted by Crippen LogP contribution is 2.34. The summed E-state index contributed by atoms with van der Waals surface area (Å²) in [6.07, 6.45) is 9.58. The van der Waals surface area contributed by atoms with Crippen molar-refractivity contribution in [2.45, 2.75) is 23.4 Å². The Morgan fingerprint density at radius 3 is 2.73 bits per heavy atom. The van der Waals surface area contributed by atoms with Crippen molar-refractivity contribution in [3.8, 4) is 5.75 Å². The van der Waals surface area contributed by atoms with Gasteiger partial charge in [0.2, 0.25) is 0 Å². The van der Waals surface area contributed by atoms with Crippen molar-refractivity contribution < 1.29 is 4.74 Å². The SMILES string of the molecule is Clc1ccc(C2CC(C3=CCC(Br)(Oc4ccccc4)C=C3)=NN2)cn1. The molecule has 0 spiro atoms. The number of hydrazone groups is 1. The van der Waals surface area contributed by atoms with Gasteiger partial charge in [0.15, 0.2) is 4.51 Å². The molecule has 0 fully saturated rings. The van der Waals surface area contributed by atoms with Gasteiger partial charge in [0.05, 0.1) is 11.8 Å². The lowest BCUT2D eigenvalue weighted by atomic mass is 9.96. The third-order valence-electron chi connectivity index (χ3n) is 4.38. The van der Waals surface area contributed by atoms with Crippen LogP contribution >= 0.6 is 27.5 Å². The van der Waals surface area contributed by atoms with E-state index in [2.05, 4.69) is 43.6 Å². The van der Waals surface area contributed by atoms with E-state index < -0.39 is 4.51 Å². The molecule has 132 valence electrons. The van der Waals surface area contributed by atoms with Crippen LogP contribution < -0.4 is 10.2 Å². The smallest absolute Gasteiger partial charge is 0.185 e. The zero-order valence-corrected chi connectivity index (χ0v) is 16.2. The quantitative estimate of drug-likeness (QED) is 0.537. The zero-order chi connectivity index (χ0) is 18.0. The summed E-state index contributed by atoms with van der Waals surface area (Å²) in [6.45, 7) is 0. The lowest BCUT2D eigenvalue weighted by Gasteiger charge is -2.27. The highest BCUT2D eigenvalue weighted by molar-refractivity contribution is 9.10. The number of nitrogens with one attached hydrogen (secondary N) is 1. The van der Waals surface area contributed by atoms with E-state index in [-0.39, 0.29) is 6.04 Å². The van der Waals surface area contributed by atoms with Crippen LogP contribution in [0.25, 0.3) is 0 Å². The second-order valence-corrected chi connectivity index (χ2v) is 7.99. The van der Waals surface area contributed by atoms with E-state index in [0.29, 0.717) is 5.15 Å². The van der Waals surface area contributed by atoms with E-state index in [9.17, 15) is 0 Å². The van der Waals surface area contributed by atoms with E-state index in [1.54, 1.807) is 12.3 Å². The number of halogens is 2. The summed E-state index contributed by atoms with van der Waals surface area (Å²) in [5, 5.41) is 5.00. The minimum Gasteiger partial charge on any atom is -0.472 e. The molecule has 2 aliphatic rings. The van der Waals surface area contributed by atoms with Gasteiger partial charge >= 0.3 is 0 Å². The second kappa shape index (κ2) is 7.25.